The number of nitrogens with zero attached hydrogens (tertiary/aromatic N) is 3. The second kappa shape index (κ2) is 8.57. The third kappa shape index (κ3) is 4.27. The lowest BCUT2D eigenvalue weighted by Gasteiger charge is -2.28. The summed E-state index contributed by atoms with van der Waals surface area (Å²) in [4.78, 5) is 19.4. The number of pyridine rings is 1. The van der Waals surface area contributed by atoms with Gasteiger partial charge in [-0.2, -0.15) is 0 Å². The van der Waals surface area contributed by atoms with E-state index in [1.165, 1.54) is 0 Å². The summed E-state index contributed by atoms with van der Waals surface area (Å²) < 4.78 is 2.05. The third-order valence-corrected chi connectivity index (χ3v) is 5.06. The fraction of sp³-hybridized carbons (Fsp3) is 0.120. The van der Waals surface area contributed by atoms with Crippen LogP contribution in [0, 0.1) is 0 Å². The van der Waals surface area contributed by atoms with E-state index >= 15 is 0 Å². The quantitative estimate of drug-likeness (QED) is 0.487. The van der Waals surface area contributed by atoms with Crippen LogP contribution in [0.4, 0.5) is 0 Å². The maximum atomic E-state index is 13.1. The first-order valence-electron chi connectivity index (χ1n) is 9.66. The Labute approximate surface area is 171 Å². The zero-order valence-corrected chi connectivity index (χ0v) is 16.3. The zero-order chi connectivity index (χ0) is 20.1. The minimum atomic E-state index is -0.218. The normalized spacial score (nSPS) is 11.8. The van der Waals surface area contributed by atoms with Crippen LogP contribution in [0.3, 0.4) is 0 Å². The molecule has 2 aromatic carbocycles. The summed E-state index contributed by atoms with van der Waals surface area (Å²) in [5, 5.41) is 0. The minimum Gasteiger partial charge on any atom is -0.333 e. The van der Waals surface area contributed by atoms with Crippen LogP contribution in [0.15, 0.2) is 104 Å². The monoisotopic (exact) mass is 381 g/mol. The molecule has 0 fully saturated rings. The van der Waals surface area contributed by atoms with E-state index in [-0.39, 0.29) is 11.9 Å². The molecule has 1 atom stereocenters. The highest BCUT2D eigenvalue weighted by molar-refractivity contribution is 5.79. The molecule has 0 saturated heterocycles. The van der Waals surface area contributed by atoms with Crippen molar-refractivity contribution in [3.05, 3.63) is 120 Å². The molecule has 0 aliphatic rings. The lowest BCUT2D eigenvalue weighted by molar-refractivity contribution is -0.130. The molecule has 0 saturated carbocycles. The van der Waals surface area contributed by atoms with Gasteiger partial charge in [-0.3, -0.25) is 9.78 Å². The fourth-order valence-electron chi connectivity index (χ4n) is 3.50. The second-order valence-electron chi connectivity index (χ2n) is 7.01. The van der Waals surface area contributed by atoms with E-state index in [0.717, 1.165) is 22.5 Å². The van der Waals surface area contributed by atoms with Crippen LogP contribution in [0.1, 0.15) is 22.9 Å². The predicted octanol–water partition coefficient (Wildman–Crippen LogP) is 4.66. The van der Waals surface area contributed by atoms with Gasteiger partial charge < -0.3 is 9.47 Å². The van der Waals surface area contributed by atoms with Crippen molar-refractivity contribution >= 4 is 5.91 Å². The Hall–Kier alpha value is -3.66. The van der Waals surface area contributed by atoms with E-state index in [0.29, 0.717) is 6.42 Å². The Balaban J connectivity index is 1.54. The van der Waals surface area contributed by atoms with Crippen molar-refractivity contribution in [1.29, 1.82) is 0 Å². The van der Waals surface area contributed by atoms with Crippen LogP contribution in [0.5, 0.6) is 0 Å². The smallest absolute Gasteiger partial charge is 0.227 e. The lowest BCUT2D eigenvalue weighted by atomic mass is 10.0. The molecule has 1 unspecified atom stereocenters. The lowest BCUT2D eigenvalue weighted by Crippen LogP contribution is -2.33. The fourth-order valence-corrected chi connectivity index (χ4v) is 3.50. The number of hydrogen-bond donors (Lipinski definition) is 0. The molecule has 0 aliphatic carbocycles. The third-order valence-electron chi connectivity index (χ3n) is 5.06. The van der Waals surface area contributed by atoms with Gasteiger partial charge in [0, 0.05) is 31.3 Å². The number of likely N-dealkylation sites (N-methyl/N-ethyl adjacent to an activating group) is 1. The maximum Gasteiger partial charge on any atom is 0.227 e. The molecule has 0 radical (unpaired) electrons. The van der Waals surface area contributed by atoms with Gasteiger partial charge in [0.05, 0.1) is 18.2 Å². The SMILES string of the molecule is CN(C(=O)Cc1ccc(-n2cccc2)cc1)C(c1ccccc1)c1ccccn1. The largest absolute Gasteiger partial charge is 0.333 e. The molecule has 4 aromatic rings. The Bertz CT molecular complexity index is 1000. The van der Waals surface area contributed by atoms with Crippen molar-refractivity contribution in [3.8, 4) is 5.69 Å². The zero-order valence-electron chi connectivity index (χ0n) is 16.3. The van der Waals surface area contributed by atoms with E-state index in [1.54, 1.807) is 11.1 Å². The first-order valence-corrected chi connectivity index (χ1v) is 9.66. The van der Waals surface area contributed by atoms with Crippen LogP contribution < -0.4 is 0 Å². The van der Waals surface area contributed by atoms with Crippen molar-refractivity contribution in [2.24, 2.45) is 0 Å². The molecule has 4 rings (SSSR count). The Kier molecular flexibility index (Phi) is 5.52. The Morgan fingerprint density at radius 2 is 1.59 bits per heavy atom. The molecule has 0 N–H and O–H groups in total. The molecule has 0 aliphatic heterocycles. The highest BCUT2D eigenvalue weighted by atomic mass is 16.2. The number of hydrogen-bond acceptors (Lipinski definition) is 2. The van der Waals surface area contributed by atoms with Crippen LogP contribution >= 0.6 is 0 Å². The first kappa shape index (κ1) is 18.7. The van der Waals surface area contributed by atoms with Crippen molar-refractivity contribution in [1.82, 2.24) is 14.5 Å². The number of amides is 1. The Morgan fingerprint density at radius 3 is 2.24 bits per heavy atom. The van der Waals surface area contributed by atoms with Crippen molar-refractivity contribution in [2.45, 2.75) is 12.5 Å². The number of benzene rings is 2. The van der Waals surface area contributed by atoms with Gasteiger partial charge in [-0.15, -0.1) is 0 Å². The van der Waals surface area contributed by atoms with Gasteiger partial charge in [-0.05, 0) is 47.5 Å². The van der Waals surface area contributed by atoms with Gasteiger partial charge in [0.1, 0.15) is 0 Å². The molecule has 0 spiro atoms. The molecule has 4 nitrogen and oxygen atoms in total. The number of rotatable bonds is 6. The average molecular weight is 381 g/mol. The topological polar surface area (TPSA) is 38.1 Å². The summed E-state index contributed by atoms with van der Waals surface area (Å²) in [6.07, 6.45) is 6.12. The van der Waals surface area contributed by atoms with Crippen LogP contribution in [0.2, 0.25) is 0 Å². The summed E-state index contributed by atoms with van der Waals surface area (Å²) in [6, 6.07) is 27.7. The van der Waals surface area contributed by atoms with Crippen molar-refractivity contribution in [3.63, 3.8) is 0 Å². The number of aromatic nitrogens is 2. The summed E-state index contributed by atoms with van der Waals surface area (Å²) >= 11 is 0. The van der Waals surface area contributed by atoms with E-state index in [9.17, 15) is 4.79 Å². The van der Waals surface area contributed by atoms with E-state index in [1.807, 2.05) is 109 Å². The molecule has 2 aromatic heterocycles. The van der Waals surface area contributed by atoms with Crippen LogP contribution in [-0.2, 0) is 11.2 Å². The average Bonchev–Trinajstić information content (AvgIpc) is 3.31. The van der Waals surface area contributed by atoms with Crippen LogP contribution in [0.25, 0.3) is 5.69 Å². The van der Waals surface area contributed by atoms with E-state index < -0.39 is 0 Å². The van der Waals surface area contributed by atoms with E-state index in [4.69, 9.17) is 0 Å². The van der Waals surface area contributed by atoms with Crippen molar-refractivity contribution < 1.29 is 4.79 Å². The summed E-state index contributed by atoms with van der Waals surface area (Å²) in [5.41, 5.74) is 3.98. The standard InChI is InChI=1S/C25H23N3O/c1-27(25(21-9-3-2-4-10-21)23-11-5-6-16-26-23)24(29)19-20-12-14-22(15-13-20)28-17-7-8-18-28/h2-18,25H,19H2,1H3. The second-order valence-corrected chi connectivity index (χ2v) is 7.01. The van der Waals surface area contributed by atoms with Gasteiger partial charge >= 0.3 is 0 Å². The Morgan fingerprint density at radius 1 is 0.897 bits per heavy atom. The molecule has 2 heterocycles. The molecule has 29 heavy (non-hydrogen) atoms. The summed E-state index contributed by atoms with van der Waals surface area (Å²) in [5.74, 6) is 0.0539. The summed E-state index contributed by atoms with van der Waals surface area (Å²) in [7, 11) is 1.85. The van der Waals surface area contributed by atoms with Crippen molar-refractivity contribution in [2.75, 3.05) is 7.05 Å². The molecular weight excluding hydrogens is 358 g/mol. The van der Waals surface area contributed by atoms with Gasteiger partial charge in [-0.25, -0.2) is 0 Å². The summed E-state index contributed by atoms with van der Waals surface area (Å²) in [6.45, 7) is 0. The number of carbonyl (C=O) groups excluding carboxylic acids is 1. The highest BCUT2D eigenvalue weighted by Gasteiger charge is 2.24. The van der Waals surface area contributed by atoms with Gasteiger partial charge in [0.15, 0.2) is 0 Å². The molecule has 0 bridgehead atoms. The minimum absolute atomic E-state index is 0.0539. The van der Waals surface area contributed by atoms with Crippen LogP contribution in [-0.4, -0.2) is 27.4 Å². The maximum absolute atomic E-state index is 13.1. The van der Waals surface area contributed by atoms with Gasteiger partial charge in [0.25, 0.3) is 0 Å². The van der Waals surface area contributed by atoms with Gasteiger partial charge in [-0.1, -0.05) is 48.5 Å². The van der Waals surface area contributed by atoms with E-state index in [2.05, 4.69) is 4.98 Å². The predicted molar refractivity (Wildman–Crippen MR) is 115 cm³/mol. The first-order chi connectivity index (χ1) is 14.2. The van der Waals surface area contributed by atoms with Gasteiger partial charge in [0.2, 0.25) is 5.91 Å². The number of carbonyl (C=O) groups is 1. The highest BCUT2D eigenvalue weighted by Crippen LogP contribution is 2.26. The molecule has 144 valence electrons. The molecule has 4 heteroatoms. The molecule has 1 amide bonds. The molecular formula is C25H23N3O.